The van der Waals surface area contributed by atoms with Gasteiger partial charge in [-0.25, -0.2) is 9.18 Å². The van der Waals surface area contributed by atoms with Gasteiger partial charge in [0.15, 0.2) is 0 Å². The smallest absolute Gasteiger partial charge is 0.322 e. The van der Waals surface area contributed by atoms with Crippen molar-refractivity contribution in [2.75, 3.05) is 19.6 Å². The summed E-state index contributed by atoms with van der Waals surface area (Å²) in [4.78, 5) is 35.0. The van der Waals surface area contributed by atoms with E-state index in [0.29, 0.717) is 31.5 Å². The van der Waals surface area contributed by atoms with E-state index in [-0.39, 0.29) is 23.7 Å². The van der Waals surface area contributed by atoms with Crippen molar-refractivity contribution in [2.24, 2.45) is 5.92 Å². The predicted octanol–water partition coefficient (Wildman–Crippen LogP) is 4.21. The Morgan fingerprint density at radius 2 is 1.67 bits per heavy atom. The largest absolute Gasteiger partial charge is 0.325 e. The normalized spacial score (nSPS) is 21.1. The number of halogens is 1. The molecule has 2 aromatic carbocycles. The van der Waals surface area contributed by atoms with Gasteiger partial charge in [-0.1, -0.05) is 54.6 Å². The maximum absolute atomic E-state index is 14.2. The summed E-state index contributed by atoms with van der Waals surface area (Å²) in [6.07, 6.45) is 4.19. The van der Waals surface area contributed by atoms with E-state index in [1.807, 2.05) is 60.7 Å². The van der Waals surface area contributed by atoms with Crippen LogP contribution in [0.3, 0.4) is 0 Å². The van der Waals surface area contributed by atoms with Gasteiger partial charge in [-0.2, -0.15) is 0 Å². The first kappa shape index (κ1) is 24.1. The first-order chi connectivity index (χ1) is 17.5. The summed E-state index contributed by atoms with van der Waals surface area (Å²) in [6, 6.07) is 22.1. The van der Waals surface area contributed by atoms with Crippen molar-refractivity contribution in [1.82, 2.24) is 20.1 Å². The molecule has 1 N–H and O–H groups in total. The lowest BCUT2D eigenvalue weighted by molar-refractivity contribution is -0.134. The van der Waals surface area contributed by atoms with Gasteiger partial charge < -0.3 is 5.32 Å². The van der Waals surface area contributed by atoms with E-state index in [1.54, 1.807) is 12.3 Å². The first-order valence-corrected chi connectivity index (χ1v) is 12.6. The standard InChI is InChI=1S/C29H31FN4O2/c30-26-12-5-4-10-23(26)21-33-17-13-24(14-18-33)29(20-22-8-2-1-3-9-22)27(35)34(28(36)32-29)19-15-25-11-6-7-16-31-25/h1-12,16,24H,13-15,17-21H2,(H,32,36). The molecule has 186 valence electrons. The molecule has 0 aliphatic carbocycles. The van der Waals surface area contributed by atoms with Crippen LogP contribution in [0.1, 0.15) is 29.7 Å². The lowest BCUT2D eigenvalue weighted by atomic mass is 9.74. The predicted molar refractivity (Wildman–Crippen MR) is 135 cm³/mol. The number of nitrogens with one attached hydrogen (secondary N) is 1. The monoisotopic (exact) mass is 486 g/mol. The Morgan fingerprint density at radius 1 is 0.944 bits per heavy atom. The number of rotatable bonds is 8. The molecule has 36 heavy (non-hydrogen) atoms. The number of carbonyl (C=O) groups is 2. The van der Waals surface area contributed by atoms with E-state index in [1.165, 1.54) is 11.0 Å². The van der Waals surface area contributed by atoms with E-state index < -0.39 is 5.54 Å². The van der Waals surface area contributed by atoms with E-state index in [2.05, 4.69) is 15.2 Å². The molecular weight excluding hydrogens is 455 g/mol. The molecule has 2 fully saturated rings. The number of hydrogen-bond acceptors (Lipinski definition) is 4. The van der Waals surface area contributed by atoms with Gasteiger partial charge in [0.2, 0.25) is 0 Å². The molecule has 0 radical (unpaired) electrons. The molecule has 0 spiro atoms. The van der Waals surface area contributed by atoms with Crippen LogP contribution in [0.25, 0.3) is 0 Å². The average molecular weight is 487 g/mol. The van der Waals surface area contributed by atoms with Crippen LogP contribution in [0, 0.1) is 11.7 Å². The van der Waals surface area contributed by atoms with Crippen molar-refractivity contribution in [3.63, 3.8) is 0 Å². The molecule has 3 amide bonds. The summed E-state index contributed by atoms with van der Waals surface area (Å²) in [5.74, 6) is -0.354. The Balaban J connectivity index is 1.33. The van der Waals surface area contributed by atoms with Crippen LogP contribution in [0.4, 0.5) is 9.18 Å². The number of nitrogens with zero attached hydrogens (tertiary/aromatic N) is 3. The molecule has 3 heterocycles. The second-order valence-corrected chi connectivity index (χ2v) is 9.73. The van der Waals surface area contributed by atoms with Crippen molar-refractivity contribution in [2.45, 2.75) is 37.8 Å². The van der Waals surface area contributed by atoms with Gasteiger partial charge in [-0.15, -0.1) is 0 Å². The molecule has 7 heteroatoms. The average Bonchev–Trinajstić information content (AvgIpc) is 3.15. The van der Waals surface area contributed by atoms with Crippen molar-refractivity contribution in [1.29, 1.82) is 0 Å². The number of piperidine rings is 1. The number of carbonyl (C=O) groups excluding carboxylic acids is 2. The number of amides is 3. The summed E-state index contributed by atoms with van der Waals surface area (Å²) < 4.78 is 14.2. The van der Waals surface area contributed by atoms with Gasteiger partial charge in [0.25, 0.3) is 5.91 Å². The maximum Gasteiger partial charge on any atom is 0.325 e. The second kappa shape index (κ2) is 10.6. The zero-order valence-electron chi connectivity index (χ0n) is 20.3. The molecule has 5 rings (SSSR count). The molecular formula is C29H31FN4O2. The SMILES string of the molecule is O=C1NC(Cc2ccccc2)(C2CCN(Cc3ccccc3F)CC2)C(=O)N1CCc1ccccn1. The summed E-state index contributed by atoms with van der Waals surface area (Å²) >= 11 is 0. The van der Waals surface area contributed by atoms with E-state index in [4.69, 9.17) is 0 Å². The fourth-order valence-electron chi connectivity index (χ4n) is 5.53. The lowest BCUT2D eigenvalue weighted by Gasteiger charge is -2.41. The highest BCUT2D eigenvalue weighted by molar-refractivity contribution is 6.07. The summed E-state index contributed by atoms with van der Waals surface area (Å²) in [7, 11) is 0. The number of imide groups is 1. The second-order valence-electron chi connectivity index (χ2n) is 9.73. The van der Waals surface area contributed by atoms with E-state index in [9.17, 15) is 14.0 Å². The molecule has 2 aliphatic rings. The van der Waals surface area contributed by atoms with E-state index in [0.717, 1.165) is 37.2 Å². The highest BCUT2D eigenvalue weighted by Crippen LogP contribution is 2.37. The number of benzene rings is 2. The molecule has 1 atom stereocenters. The van der Waals surface area contributed by atoms with Gasteiger partial charge in [0.1, 0.15) is 11.4 Å². The fraction of sp³-hybridized carbons (Fsp3) is 0.345. The fourth-order valence-corrected chi connectivity index (χ4v) is 5.53. The Hall–Kier alpha value is -3.58. The maximum atomic E-state index is 14.2. The highest BCUT2D eigenvalue weighted by Gasteiger charge is 2.55. The van der Waals surface area contributed by atoms with Crippen LogP contribution >= 0.6 is 0 Å². The van der Waals surface area contributed by atoms with Crippen LogP contribution in [0.2, 0.25) is 0 Å². The molecule has 1 unspecified atom stereocenters. The Kier molecular flexibility index (Phi) is 7.09. The topological polar surface area (TPSA) is 65.5 Å². The molecule has 0 saturated carbocycles. The minimum absolute atomic E-state index is 0.00845. The summed E-state index contributed by atoms with van der Waals surface area (Å²) in [5, 5.41) is 3.13. The quantitative estimate of drug-likeness (QED) is 0.485. The van der Waals surface area contributed by atoms with Gasteiger partial charge in [-0.05, 0) is 55.6 Å². The number of aromatic nitrogens is 1. The van der Waals surface area contributed by atoms with Gasteiger partial charge in [-0.3, -0.25) is 19.6 Å². The minimum atomic E-state index is -0.980. The first-order valence-electron chi connectivity index (χ1n) is 12.6. The third-order valence-corrected chi connectivity index (χ3v) is 7.48. The van der Waals surface area contributed by atoms with Gasteiger partial charge >= 0.3 is 6.03 Å². The zero-order valence-corrected chi connectivity index (χ0v) is 20.3. The van der Waals surface area contributed by atoms with Crippen molar-refractivity contribution < 1.29 is 14.0 Å². The van der Waals surface area contributed by atoms with Crippen molar-refractivity contribution in [3.05, 3.63) is 102 Å². The third kappa shape index (κ3) is 5.02. The number of urea groups is 1. The van der Waals surface area contributed by atoms with Crippen molar-refractivity contribution >= 4 is 11.9 Å². The van der Waals surface area contributed by atoms with Crippen LogP contribution < -0.4 is 5.32 Å². The molecule has 0 bridgehead atoms. The summed E-state index contributed by atoms with van der Waals surface area (Å²) in [6.45, 7) is 2.32. The zero-order chi connectivity index (χ0) is 25.0. The van der Waals surface area contributed by atoms with Crippen LogP contribution in [-0.2, 0) is 24.2 Å². The van der Waals surface area contributed by atoms with Crippen LogP contribution in [-0.4, -0.2) is 51.9 Å². The molecule has 1 aromatic heterocycles. The number of likely N-dealkylation sites (tertiary alicyclic amines) is 1. The van der Waals surface area contributed by atoms with Crippen LogP contribution in [0.5, 0.6) is 0 Å². The van der Waals surface area contributed by atoms with Crippen molar-refractivity contribution in [3.8, 4) is 0 Å². The molecule has 2 aliphatic heterocycles. The van der Waals surface area contributed by atoms with E-state index >= 15 is 0 Å². The minimum Gasteiger partial charge on any atom is -0.322 e. The molecule has 2 saturated heterocycles. The van der Waals surface area contributed by atoms with Gasteiger partial charge in [0.05, 0.1) is 0 Å². The highest BCUT2D eigenvalue weighted by atomic mass is 19.1. The summed E-state index contributed by atoms with van der Waals surface area (Å²) in [5.41, 5.74) is 1.57. The molecule has 6 nitrogen and oxygen atoms in total. The Morgan fingerprint density at radius 3 is 2.39 bits per heavy atom. The van der Waals surface area contributed by atoms with Gasteiger partial charge in [0, 0.05) is 43.4 Å². The lowest BCUT2D eigenvalue weighted by Crippen LogP contribution is -2.57. The number of hydrogen-bond donors (Lipinski definition) is 1. The molecule has 3 aromatic rings. The Labute approximate surface area is 211 Å². The Bertz CT molecular complexity index is 1200. The number of pyridine rings is 1. The third-order valence-electron chi connectivity index (χ3n) is 7.48. The van der Waals surface area contributed by atoms with Crippen LogP contribution in [0.15, 0.2) is 79.0 Å².